The Balaban J connectivity index is 2.12. The molecule has 0 bridgehead atoms. The highest BCUT2D eigenvalue weighted by molar-refractivity contribution is 5.23. The van der Waals surface area contributed by atoms with Gasteiger partial charge in [0, 0.05) is 18.6 Å². The molecule has 0 amide bonds. The molecule has 0 aliphatic heterocycles. The summed E-state index contributed by atoms with van der Waals surface area (Å²) in [6.07, 6.45) is 6.40. The van der Waals surface area contributed by atoms with Crippen molar-refractivity contribution < 1.29 is 14.6 Å². The zero-order valence-electron chi connectivity index (χ0n) is 7.99. The van der Waals surface area contributed by atoms with E-state index >= 15 is 0 Å². The molecule has 1 saturated carbocycles. The van der Waals surface area contributed by atoms with Crippen LogP contribution >= 0.6 is 0 Å². The topological polar surface area (TPSA) is 40.5 Å². The number of aliphatic hydroxyl groups excluding tert-OH is 2. The smallest absolute Gasteiger partial charge is 0.119 e. The molecule has 0 radical (unpaired) electrons. The molecule has 0 heterocycles. The molecule has 0 aromatic heterocycles. The third kappa shape index (κ3) is 1.41. The van der Waals surface area contributed by atoms with Gasteiger partial charge in [0.15, 0.2) is 0 Å². The van der Waals surface area contributed by atoms with Gasteiger partial charge < -0.3 is 10.2 Å². The van der Waals surface area contributed by atoms with E-state index in [-0.39, 0.29) is 36.3 Å². The van der Waals surface area contributed by atoms with Crippen molar-refractivity contribution in [3.63, 3.8) is 0 Å². The molecule has 2 aliphatic carbocycles. The van der Waals surface area contributed by atoms with Crippen LogP contribution in [0.2, 0.25) is 0 Å². The minimum absolute atomic E-state index is 0.0422. The number of halogens is 1. The summed E-state index contributed by atoms with van der Waals surface area (Å²) in [4.78, 5) is 0. The van der Waals surface area contributed by atoms with Crippen molar-refractivity contribution in [1.82, 2.24) is 0 Å². The lowest BCUT2D eigenvalue weighted by Crippen LogP contribution is -2.22. The van der Waals surface area contributed by atoms with E-state index in [9.17, 15) is 9.50 Å². The average Bonchev–Trinajstić information content (AvgIpc) is 2.93. The first-order chi connectivity index (χ1) is 6.73. The normalized spacial score (nSPS) is 40.9. The lowest BCUT2D eigenvalue weighted by Gasteiger charge is -2.24. The van der Waals surface area contributed by atoms with Crippen LogP contribution in [-0.2, 0) is 0 Å². The van der Waals surface area contributed by atoms with Gasteiger partial charge in [0.05, 0.1) is 0 Å². The van der Waals surface area contributed by atoms with Gasteiger partial charge in [0.2, 0.25) is 0 Å². The molecule has 3 heteroatoms. The zero-order valence-corrected chi connectivity index (χ0v) is 7.99. The standard InChI is InChI=1S/C11H15FO2/c12-10-3-1-2-8(4-10)11(7-14)5-9(11)6-13/h1,3-4,8-9,13-14H,2,5-7H2/t8-,9-,11+/m0/s1. The fraction of sp³-hybridized carbons (Fsp3) is 0.636. The molecule has 0 aromatic carbocycles. The SMILES string of the molecule is OC[C@@H]1C[C@@]1(CO)[C@@H]1C=C(F)C=CC1. The Kier molecular flexibility index (Phi) is 2.45. The molecule has 0 unspecified atom stereocenters. The molecular weight excluding hydrogens is 183 g/mol. The van der Waals surface area contributed by atoms with Crippen LogP contribution in [0.3, 0.4) is 0 Å². The number of rotatable bonds is 3. The van der Waals surface area contributed by atoms with Crippen LogP contribution < -0.4 is 0 Å². The Morgan fingerprint density at radius 2 is 2.29 bits per heavy atom. The maximum absolute atomic E-state index is 13.0. The number of hydrogen-bond donors (Lipinski definition) is 2. The molecule has 78 valence electrons. The van der Waals surface area contributed by atoms with E-state index < -0.39 is 0 Å². The van der Waals surface area contributed by atoms with E-state index in [1.165, 1.54) is 6.08 Å². The van der Waals surface area contributed by atoms with Crippen molar-refractivity contribution in [3.8, 4) is 0 Å². The summed E-state index contributed by atoms with van der Waals surface area (Å²) in [5.74, 6) is -0.0274. The van der Waals surface area contributed by atoms with Crippen molar-refractivity contribution in [3.05, 3.63) is 24.1 Å². The third-order valence-electron chi connectivity index (χ3n) is 3.56. The maximum Gasteiger partial charge on any atom is 0.119 e. The van der Waals surface area contributed by atoms with Crippen molar-refractivity contribution >= 4 is 0 Å². The van der Waals surface area contributed by atoms with Gasteiger partial charge in [-0.25, -0.2) is 4.39 Å². The lowest BCUT2D eigenvalue weighted by atomic mass is 9.82. The number of hydrogen-bond acceptors (Lipinski definition) is 2. The van der Waals surface area contributed by atoms with Gasteiger partial charge in [-0.1, -0.05) is 6.08 Å². The van der Waals surface area contributed by atoms with Crippen LogP contribution in [0.25, 0.3) is 0 Å². The van der Waals surface area contributed by atoms with Gasteiger partial charge in [0.1, 0.15) is 5.83 Å². The van der Waals surface area contributed by atoms with E-state index in [0.717, 1.165) is 12.8 Å². The van der Waals surface area contributed by atoms with Crippen molar-refractivity contribution in [2.75, 3.05) is 13.2 Å². The Labute approximate surface area is 82.8 Å². The van der Waals surface area contributed by atoms with E-state index in [4.69, 9.17) is 5.11 Å². The third-order valence-corrected chi connectivity index (χ3v) is 3.56. The molecule has 14 heavy (non-hydrogen) atoms. The van der Waals surface area contributed by atoms with Crippen LogP contribution in [0.4, 0.5) is 4.39 Å². The van der Waals surface area contributed by atoms with Gasteiger partial charge in [0.25, 0.3) is 0 Å². The largest absolute Gasteiger partial charge is 0.396 e. The Morgan fingerprint density at radius 3 is 2.79 bits per heavy atom. The second-order valence-corrected chi connectivity index (χ2v) is 4.27. The quantitative estimate of drug-likeness (QED) is 0.719. The molecule has 2 nitrogen and oxygen atoms in total. The second kappa shape index (κ2) is 3.48. The van der Waals surface area contributed by atoms with Gasteiger partial charge in [-0.05, 0) is 36.8 Å². The van der Waals surface area contributed by atoms with E-state index in [1.54, 1.807) is 12.2 Å². The predicted octanol–water partition coefficient (Wildman–Crippen LogP) is 1.41. The zero-order chi connectivity index (χ0) is 10.2. The fourth-order valence-corrected chi connectivity index (χ4v) is 2.45. The van der Waals surface area contributed by atoms with Crippen LogP contribution in [0, 0.1) is 17.3 Å². The average molecular weight is 198 g/mol. The molecular formula is C11H15FO2. The number of aliphatic hydroxyl groups is 2. The highest BCUT2D eigenvalue weighted by atomic mass is 19.1. The first kappa shape index (κ1) is 9.87. The molecule has 3 atom stereocenters. The molecule has 2 rings (SSSR count). The minimum Gasteiger partial charge on any atom is -0.396 e. The van der Waals surface area contributed by atoms with Crippen LogP contribution in [0.15, 0.2) is 24.1 Å². The second-order valence-electron chi connectivity index (χ2n) is 4.27. The van der Waals surface area contributed by atoms with Crippen LogP contribution in [0.1, 0.15) is 12.8 Å². The summed E-state index contributed by atoms with van der Waals surface area (Å²) in [5.41, 5.74) is -0.253. The monoisotopic (exact) mass is 198 g/mol. The van der Waals surface area contributed by atoms with E-state index in [2.05, 4.69) is 0 Å². The fourth-order valence-electron chi connectivity index (χ4n) is 2.45. The first-order valence-electron chi connectivity index (χ1n) is 4.98. The highest BCUT2D eigenvalue weighted by Crippen LogP contribution is 2.59. The minimum atomic E-state index is -0.253. The highest BCUT2D eigenvalue weighted by Gasteiger charge is 2.57. The molecule has 0 saturated heterocycles. The van der Waals surface area contributed by atoms with E-state index in [0.29, 0.717) is 0 Å². The van der Waals surface area contributed by atoms with Gasteiger partial charge in [-0.15, -0.1) is 0 Å². The van der Waals surface area contributed by atoms with Gasteiger partial charge in [-0.2, -0.15) is 0 Å². The van der Waals surface area contributed by atoms with Crippen molar-refractivity contribution in [1.29, 1.82) is 0 Å². The summed E-state index contributed by atoms with van der Waals surface area (Å²) in [7, 11) is 0. The number of allylic oxidation sites excluding steroid dienone is 4. The molecule has 2 aliphatic rings. The first-order valence-corrected chi connectivity index (χ1v) is 4.98. The summed E-state index contributed by atoms with van der Waals surface area (Å²) in [6.45, 7) is 0.136. The molecule has 0 spiro atoms. The van der Waals surface area contributed by atoms with Crippen molar-refractivity contribution in [2.24, 2.45) is 17.3 Å². The summed E-state index contributed by atoms with van der Waals surface area (Å²) in [6, 6.07) is 0. The summed E-state index contributed by atoms with van der Waals surface area (Å²) >= 11 is 0. The van der Waals surface area contributed by atoms with Crippen molar-refractivity contribution in [2.45, 2.75) is 12.8 Å². The summed E-state index contributed by atoms with van der Waals surface area (Å²) in [5, 5.41) is 18.3. The van der Waals surface area contributed by atoms with Gasteiger partial charge >= 0.3 is 0 Å². The summed E-state index contributed by atoms with van der Waals surface area (Å²) < 4.78 is 13.0. The van der Waals surface area contributed by atoms with Crippen LogP contribution in [-0.4, -0.2) is 23.4 Å². The molecule has 2 N–H and O–H groups in total. The Bertz CT molecular complexity index is 285. The van der Waals surface area contributed by atoms with E-state index in [1.807, 2.05) is 0 Å². The maximum atomic E-state index is 13.0. The van der Waals surface area contributed by atoms with Crippen LogP contribution in [0.5, 0.6) is 0 Å². The molecule has 1 fully saturated rings. The lowest BCUT2D eigenvalue weighted by molar-refractivity contribution is 0.139. The predicted molar refractivity (Wildman–Crippen MR) is 51.1 cm³/mol. The Hall–Kier alpha value is -0.670. The Morgan fingerprint density at radius 1 is 1.50 bits per heavy atom. The van der Waals surface area contributed by atoms with Gasteiger partial charge in [-0.3, -0.25) is 0 Å². The molecule has 0 aromatic rings.